The van der Waals surface area contributed by atoms with Crippen molar-refractivity contribution in [2.75, 3.05) is 18.5 Å². The molecule has 0 spiro atoms. The second kappa shape index (κ2) is 9.40. The van der Waals surface area contributed by atoms with E-state index in [1.165, 1.54) is 18.2 Å². The van der Waals surface area contributed by atoms with Crippen LogP contribution in [0.4, 0.5) is 23.8 Å². The molecule has 0 bridgehead atoms. The molecule has 1 unspecified atom stereocenters. The van der Waals surface area contributed by atoms with Crippen molar-refractivity contribution in [1.82, 2.24) is 15.1 Å². The fourth-order valence-corrected chi connectivity index (χ4v) is 2.71. The summed E-state index contributed by atoms with van der Waals surface area (Å²) in [6.07, 6.45) is -2.04. The number of hydrogen-bond donors (Lipinski definition) is 3. The first kappa shape index (κ1) is 20.8. The fourth-order valence-electron chi connectivity index (χ4n) is 2.71. The molecule has 0 saturated carbocycles. The minimum Gasteiger partial charge on any atom is -0.396 e. The number of carbonyl (C=O) groups is 1. The lowest BCUT2D eigenvalue weighted by atomic mass is 9.95. The average molecular weight is 384 g/mol. The van der Waals surface area contributed by atoms with E-state index in [1.54, 1.807) is 16.9 Å². The molecule has 1 heterocycles. The molecule has 1 atom stereocenters. The van der Waals surface area contributed by atoms with Crippen LogP contribution in [-0.2, 0) is 19.1 Å². The third-order valence-corrected chi connectivity index (χ3v) is 4.03. The van der Waals surface area contributed by atoms with Crippen LogP contribution >= 0.6 is 0 Å². The summed E-state index contributed by atoms with van der Waals surface area (Å²) in [5.41, 5.74) is -0.636. The Kier molecular flexibility index (Phi) is 7.23. The van der Waals surface area contributed by atoms with Crippen LogP contribution in [0.5, 0.6) is 0 Å². The molecule has 1 aromatic heterocycles. The average Bonchev–Trinajstić information content (AvgIpc) is 3.05. The lowest BCUT2D eigenvalue weighted by molar-refractivity contribution is -0.138. The van der Waals surface area contributed by atoms with E-state index in [4.69, 9.17) is 0 Å². The van der Waals surface area contributed by atoms with Gasteiger partial charge >= 0.3 is 12.2 Å². The number of rotatable bonds is 8. The molecule has 2 amide bonds. The smallest absolute Gasteiger partial charge is 0.396 e. The molecule has 9 heteroatoms. The van der Waals surface area contributed by atoms with Crippen molar-refractivity contribution in [3.05, 3.63) is 47.7 Å². The fraction of sp³-hybridized carbons (Fsp3) is 0.444. The quantitative estimate of drug-likeness (QED) is 0.654. The predicted octanol–water partition coefficient (Wildman–Crippen LogP) is 3.28. The molecule has 1 aromatic carbocycles. The largest absolute Gasteiger partial charge is 0.416 e. The summed E-state index contributed by atoms with van der Waals surface area (Å²) in [4.78, 5) is 12.0. The van der Waals surface area contributed by atoms with Gasteiger partial charge in [-0.1, -0.05) is 25.1 Å². The monoisotopic (exact) mass is 384 g/mol. The highest BCUT2D eigenvalue weighted by atomic mass is 19.4. The summed E-state index contributed by atoms with van der Waals surface area (Å²) in [6, 6.07) is 6.39. The van der Waals surface area contributed by atoms with Gasteiger partial charge in [0.1, 0.15) is 5.82 Å². The molecule has 6 nitrogen and oxygen atoms in total. The maximum Gasteiger partial charge on any atom is 0.416 e. The zero-order chi connectivity index (χ0) is 19.9. The number of alkyl halides is 3. The van der Waals surface area contributed by atoms with Crippen molar-refractivity contribution in [3.63, 3.8) is 0 Å². The van der Waals surface area contributed by atoms with Crippen LogP contribution in [0.2, 0.25) is 0 Å². The third-order valence-electron chi connectivity index (χ3n) is 4.03. The number of amides is 2. The Morgan fingerprint density at radius 1 is 1.30 bits per heavy atom. The third kappa shape index (κ3) is 5.99. The summed E-state index contributed by atoms with van der Waals surface area (Å²) >= 11 is 0. The standard InChI is InChI=1S/C18H23F3N4O2/c1-2-9-25-16(7-8-23-25)24-17(27)22-11-13(12-26)10-14-5-3-4-6-15(14)18(19,20)21/h3-8,13,26H,2,9-12H2,1H3,(H2,22,24,27). The number of nitrogens with zero attached hydrogens (tertiary/aromatic N) is 2. The number of anilines is 1. The van der Waals surface area contributed by atoms with E-state index in [-0.39, 0.29) is 25.1 Å². The summed E-state index contributed by atoms with van der Waals surface area (Å²) in [5.74, 6) is -0.0166. The number of aliphatic hydroxyl groups is 1. The second-order valence-electron chi connectivity index (χ2n) is 6.18. The van der Waals surface area contributed by atoms with Gasteiger partial charge in [-0.2, -0.15) is 18.3 Å². The lowest BCUT2D eigenvalue weighted by Gasteiger charge is -2.19. The van der Waals surface area contributed by atoms with E-state index < -0.39 is 23.7 Å². The highest BCUT2D eigenvalue weighted by Crippen LogP contribution is 2.32. The minimum absolute atomic E-state index is 0.000229. The molecular formula is C18H23F3N4O2. The SMILES string of the molecule is CCCn1nccc1NC(=O)NCC(CO)Cc1ccccc1C(F)(F)F. The van der Waals surface area contributed by atoms with Crippen LogP contribution in [0.15, 0.2) is 36.5 Å². The van der Waals surface area contributed by atoms with Crippen LogP contribution < -0.4 is 10.6 Å². The maximum atomic E-state index is 13.1. The van der Waals surface area contributed by atoms with Crippen molar-refractivity contribution in [1.29, 1.82) is 0 Å². The number of nitrogens with one attached hydrogen (secondary N) is 2. The van der Waals surface area contributed by atoms with Crippen LogP contribution in [-0.4, -0.2) is 34.1 Å². The Morgan fingerprint density at radius 2 is 2.04 bits per heavy atom. The van der Waals surface area contributed by atoms with Gasteiger partial charge in [0.2, 0.25) is 0 Å². The number of aliphatic hydroxyl groups excluding tert-OH is 1. The summed E-state index contributed by atoms with van der Waals surface area (Å²) < 4.78 is 40.9. The lowest BCUT2D eigenvalue weighted by Crippen LogP contribution is -2.35. The Morgan fingerprint density at radius 3 is 2.70 bits per heavy atom. The minimum atomic E-state index is -4.46. The Bertz CT molecular complexity index is 746. The van der Waals surface area contributed by atoms with E-state index in [1.807, 2.05) is 6.92 Å². The molecule has 2 aromatic rings. The van der Waals surface area contributed by atoms with Gasteiger partial charge in [-0.15, -0.1) is 0 Å². The molecule has 27 heavy (non-hydrogen) atoms. The van der Waals surface area contributed by atoms with E-state index in [2.05, 4.69) is 15.7 Å². The Hall–Kier alpha value is -2.55. The molecule has 0 aliphatic carbocycles. The van der Waals surface area contributed by atoms with Crippen molar-refractivity contribution >= 4 is 11.8 Å². The van der Waals surface area contributed by atoms with E-state index in [9.17, 15) is 23.1 Å². The van der Waals surface area contributed by atoms with Crippen molar-refractivity contribution < 1.29 is 23.1 Å². The predicted molar refractivity (Wildman–Crippen MR) is 95.3 cm³/mol. The number of aromatic nitrogens is 2. The first-order chi connectivity index (χ1) is 12.8. The van der Waals surface area contributed by atoms with Gasteiger partial charge in [0.05, 0.1) is 11.8 Å². The van der Waals surface area contributed by atoms with Crippen molar-refractivity contribution in [3.8, 4) is 0 Å². The molecule has 0 radical (unpaired) electrons. The summed E-state index contributed by atoms with van der Waals surface area (Å²) in [7, 11) is 0. The number of hydrogen-bond acceptors (Lipinski definition) is 3. The van der Waals surface area contributed by atoms with Crippen LogP contribution in [0, 0.1) is 5.92 Å². The molecule has 2 rings (SSSR count). The normalized spacial score (nSPS) is 12.6. The molecule has 3 N–H and O–H groups in total. The Balaban J connectivity index is 1.94. The summed E-state index contributed by atoms with van der Waals surface area (Å²) in [6.45, 7) is 2.32. The van der Waals surface area contributed by atoms with Gasteiger partial charge in [0, 0.05) is 31.7 Å². The molecule has 0 aliphatic heterocycles. The summed E-state index contributed by atoms with van der Waals surface area (Å²) in [5, 5.41) is 18.8. The number of carbonyl (C=O) groups excluding carboxylic acids is 1. The zero-order valence-electron chi connectivity index (χ0n) is 15.0. The van der Waals surface area contributed by atoms with E-state index in [0.29, 0.717) is 12.4 Å². The molecule has 0 fully saturated rings. The van der Waals surface area contributed by atoms with Gasteiger partial charge in [0.15, 0.2) is 0 Å². The molecule has 0 saturated heterocycles. The molecule has 0 aliphatic rings. The first-order valence-corrected chi connectivity index (χ1v) is 8.67. The molecular weight excluding hydrogens is 361 g/mol. The highest BCUT2D eigenvalue weighted by Gasteiger charge is 2.33. The number of aryl methyl sites for hydroxylation is 1. The number of urea groups is 1. The second-order valence-corrected chi connectivity index (χ2v) is 6.18. The highest BCUT2D eigenvalue weighted by molar-refractivity contribution is 5.88. The number of benzene rings is 1. The first-order valence-electron chi connectivity index (χ1n) is 8.67. The van der Waals surface area contributed by atoms with Crippen LogP contribution in [0.3, 0.4) is 0 Å². The topological polar surface area (TPSA) is 79.2 Å². The van der Waals surface area contributed by atoms with Gasteiger partial charge in [-0.05, 0) is 24.5 Å². The van der Waals surface area contributed by atoms with Crippen LogP contribution in [0.1, 0.15) is 24.5 Å². The van der Waals surface area contributed by atoms with E-state index >= 15 is 0 Å². The zero-order valence-corrected chi connectivity index (χ0v) is 15.0. The van der Waals surface area contributed by atoms with Gasteiger partial charge in [-0.25, -0.2) is 9.48 Å². The Labute approximate surface area is 155 Å². The van der Waals surface area contributed by atoms with E-state index in [0.717, 1.165) is 12.5 Å². The van der Waals surface area contributed by atoms with Gasteiger partial charge < -0.3 is 10.4 Å². The molecule has 148 valence electrons. The maximum absolute atomic E-state index is 13.1. The van der Waals surface area contributed by atoms with Gasteiger partial charge in [-0.3, -0.25) is 5.32 Å². The van der Waals surface area contributed by atoms with Gasteiger partial charge in [0.25, 0.3) is 0 Å². The number of halogens is 3. The van der Waals surface area contributed by atoms with Crippen molar-refractivity contribution in [2.45, 2.75) is 32.5 Å². The van der Waals surface area contributed by atoms with Crippen LogP contribution in [0.25, 0.3) is 0 Å². The van der Waals surface area contributed by atoms with Crippen molar-refractivity contribution in [2.24, 2.45) is 5.92 Å².